The molecule has 0 radical (unpaired) electrons. The van der Waals surface area contributed by atoms with E-state index in [1.807, 2.05) is 18.2 Å². The summed E-state index contributed by atoms with van der Waals surface area (Å²) in [5, 5.41) is 9.81. The Morgan fingerprint density at radius 3 is 1.63 bits per heavy atom. The first kappa shape index (κ1) is 24.0. The lowest BCUT2D eigenvalue weighted by Gasteiger charge is -2.12. The Labute approximate surface area is 168 Å². The maximum atomic E-state index is 9.81. The molecule has 0 aliphatic rings. The molecule has 2 heteroatoms. The van der Waals surface area contributed by atoms with Gasteiger partial charge in [0.25, 0.3) is 0 Å². The van der Waals surface area contributed by atoms with Gasteiger partial charge in [-0.15, -0.1) is 0 Å². The molecule has 0 saturated heterocycles. The molecule has 0 saturated carbocycles. The van der Waals surface area contributed by atoms with Gasteiger partial charge in [0.05, 0.1) is 0 Å². The minimum Gasteiger partial charge on any atom is -0.508 e. The maximum absolute atomic E-state index is 9.81. The number of para-hydroxylation sites is 1. The first-order valence-corrected chi connectivity index (χ1v) is 11.8. The summed E-state index contributed by atoms with van der Waals surface area (Å²) in [5.41, 5.74) is 7.20. The van der Waals surface area contributed by atoms with Gasteiger partial charge in [-0.1, -0.05) is 121 Å². The highest BCUT2D eigenvalue weighted by Crippen LogP contribution is 2.19. The molecule has 0 fully saturated rings. The fraction of sp³-hybridized carbons (Fsp3) is 0.760. The molecule has 1 unspecified atom stereocenters. The van der Waals surface area contributed by atoms with Gasteiger partial charge in [0.1, 0.15) is 5.75 Å². The molecule has 0 aliphatic heterocycles. The highest BCUT2D eigenvalue weighted by Gasteiger charge is 2.07. The molecule has 0 aliphatic carbocycles. The van der Waals surface area contributed by atoms with Crippen molar-refractivity contribution >= 4 is 0 Å². The standard InChI is InChI=1S/C25H45NO/c1-2-3-4-5-6-7-8-9-10-11-12-13-14-15-16-20-24(26)22-23-19-17-18-21-25(23)27/h17-19,21,24,27H,2-16,20,22,26H2,1H3. The first-order valence-electron chi connectivity index (χ1n) is 11.8. The second-order valence-electron chi connectivity index (χ2n) is 8.33. The van der Waals surface area contributed by atoms with Crippen LogP contribution in [0.15, 0.2) is 24.3 Å². The zero-order valence-electron chi connectivity index (χ0n) is 17.9. The van der Waals surface area contributed by atoms with E-state index < -0.39 is 0 Å². The maximum Gasteiger partial charge on any atom is 0.118 e. The Balaban J connectivity index is 1.82. The van der Waals surface area contributed by atoms with Crippen LogP contribution in [0.3, 0.4) is 0 Å². The number of phenols is 1. The zero-order valence-corrected chi connectivity index (χ0v) is 17.9. The molecule has 27 heavy (non-hydrogen) atoms. The molecule has 0 heterocycles. The van der Waals surface area contributed by atoms with Gasteiger partial charge >= 0.3 is 0 Å². The van der Waals surface area contributed by atoms with Crippen LogP contribution < -0.4 is 5.73 Å². The Morgan fingerprint density at radius 1 is 0.704 bits per heavy atom. The topological polar surface area (TPSA) is 46.2 Å². The average Bonchev–Trinajstić information content (AvgIpc) is 2.66. The fourth-order valence-corrected chi connectivity index (χ4v) is 3.85. The van der Waals surface area contributed by atoms with E-state index in [9.17, 15) is 5.11 Å². The van der Waals surface area contributed by atoms with Gasteiger partial charge in [0, 0.05) is 6.04 Å². The van der Waals surface area contributed by atoms with E-state index in [2.05, 4.69) is 6.92 Å². The number of rotatable bonds is 18. The van der Waals surface area contributed by atoms with Crippen molar-refractivity contribution in [3.05, 3.63) is 29.8 Å². The molecular weight excluding hydrogens is 330 g/mol. The number of hydrogen-bond donors (Lipinski definition) is 2. The molecule has 1 atom stereocenters. The van der Waals surface area contributed by atoms with Crippen LogP contribution in [-0.4, -0.2) is 11.1 Å². The molecule has 0 spiro atoms. The quantitative estimate of drug-likeness (QED) is 0.260. The minimum atomic E-state index is 0.167. The predicted molar refractivity (Wildman–Crippen MR) is 119 cm³/mol. The van der Waals surface area contributed by atoms with Crippen LogP contribution in [0.5, 0.6) is 5.75 Å². The van der Waals surface area contributed by atoms with E-state index in [-0.39, 0.29) is 6.04 Å². The van der Waals surface area contributed by atoms with Crippen LogP contribution in [0.2, 0.25) is 0 Å². The van der Waals surface area contributed by atoms with Crippen molar-refractivity contribution in [3.63, 3.8) is 0 Å². The van der Waals surface area contributed by atoms with Gasteiger partial charge in [-0.05, 0) is 24.5 Å². The summed E-state index contributed by atoms with van der Waals surface area (Å²) >= 11 is 0. The normalized spacial score (nSPS) is 12.4. The van der Waals surface area contributed by atoms with Crippen LogP contribution in [0.4, 0.5) is 0 Å². The van der Waals surface area contributed by atoms with Crippen molar-refractivity contribution in [2.45, 2.75) is 122 Å². The molecule has 0 amide bonds. The van der Waals surface area contributed by atoms with Crippen LogP contribution >= 0.6 is 0 Å². The number of unbranched alkanes of at least 4 members (excludes halogenated alkanes) is 14. The van der Waals surface area contributed by atoms with E-state index in [1.54, 1.807) is 6.07 Å². The molecule has 2 nitrogen and oxygen atoms in total. The summed E-state index contributed by atoms with van der Waals surface area (Å²) < 4.78 is 0. The fourth-order valence-electron chi connectivity index (χ4n) is 3.85. The summed E-state index contributed by atoms with van der Waals surface area (Å²) in [7, 11) is 0. The van der Waals surface area contributed by atoms with Gasteiger partial charge in [0.2, 0.25) is 0 Å². The molecule has 1 aromatic rings. The first-order chi connectivity index (χ1) is 13.2. The summed E-state index contributed by atoms with van der Waals surface area (Å²) in [5.74, 6) is 0.379. The molecule has 0 aromatic heterocycles. The number of aromatic hydroxyl groups is 1. The second kappa shape index (κ2) is 17.1. The second-order valence-corrected chi connectivity index (χ2v) is 8.33. The SMILES string of the molecule is CCCCCCCCCCCCCCCCCC(N)Cc1ccccc1O. The van der Waals surface area contributed by atoms with Gasteiger partial charge in [-0.2, -0.15) is 0 Å². The molecule has 1 rings (SSSR count). The lowest BCUT2D eigenvalue weighted by Crippen LogP contribution is -2.22. The smallest absolute Gasteiger partial charge is 0.118 e. The monoisotopic (exact) mass is 375 g/mol. The Morgan fingerprint density at radius 2 is 1.15 bits per heavy atom. The van der Waals surface area contributed by atoms with Gasteiger partial charge < -0.3 is 10.8 Å². The minimum absolute atomic E-state index is 0.167. The summed E-state index contributed by atoms with van der Waals surface area (Å²) in [6, 6.07) is 7.71. The van der Waals surface area contributed by atoms with Crippen LogP contribution in [0, 0.1) is 0 Å². The van der Waals surface area contributed by atoms with Gasteiger partial charge in [-0.3, -0.25) is 0 Å². The highest BCUT2D eigenvalue weighted by molar-refractivity contribution is 5.32. The Hall–Kier alpha value is -1.02. The molecular formula is C25H45NO. The van der Waals surface area contributed by atoms with E-state index >= 15 is 0 Å². The number of hydrogen-bond acceptors (Lipinski definition) is 2. The van der Waals surface area contributed by atoms with E-state index in [1.165, 1.54) is 96.3 Å². The van der Waals surface area contributed by atoms with E-state index in [4.69, 9.17) is 5.73 Å². The molecule has 156 valence electrons. The third-order valence-corrected chi connectivity index (χ3v) is 5.65. The zero-order chi connectivity index (χ0) is 19.6. The van der Waals surface area contributed by atoms with Gasteiger partial charge in [-0.25, -0.2) is 0 Å². The number of phenolic OH excluding ortho intramolecular Hbond substituents is 1. The average molecular weight is 376 g/mol. The van der Waals surface area contributed by atoms with Crippen molar-refractivity contribution in [1.82, 2.24) is 0 Å². The number of benzene rings is 1. The lowest BCUT2D eigenvalue weighted by molar-refractivity contribution is 0.460. The Kier molecular flexibility index (Phi) is 15.2. The number of nitrogens with two attached hydrogens (primary N) is 1. The van der Waals surface area contributed by atoms with Crippen molar-refractivity contribution in [3.8, 4) is 5.75 Å². The van der Waals surface area contributed by atoms with Crippen molar-refractivity contribution in [2.24, 2.45) is 5.73 Å². The highest BCUT2D eigenvalue weighted by atomic mass is 16.3. The van der Waals surface area contributed by atoms with Crippen LogP contribution in [0.25, 0.3) is 0 Å². The van der Waals surface area contributed by atoms with Crippen molar-refractivity contribution in [1.29, 1.82) is 0 Å². The predicted octanol–water partition coefficient (Wildman–Crippen LogP) is 7.52. The molecule has 3 N–H and O–H groups in total. The van der Waals surface area contributed by atoms with E-state index in [0.717, 1.165) is 18.4 Å². The molecule has 0 bridgehead atoms. The van der Waals surface area contributed by atoms with E-state index in [0.29, 0.717) is 5.75 Å². The third kappa shape index (κ3) is 13.7. The largest absolute Gasteiger partial charge is 0.508 e. The Bertz CT molecular complexity index is 446. The lowest BCUT2D eigenvalue weighted by atomic mass is 9.99. The van der Waals surface area contributed by atoms with Crippen LogP contribution in [0.1, 0.15) is 115 Å². The van der Waals surface area contributed by atoms with Crippen molar-refractivity contribution in [2.75, 3.05) is 0 Å². The van der Waals surface area contributed by atoms with Gasteiger partial charge in [0.15, 0.2) is 0 Å². The molecule has 1 aromatic carbocycles. The summed E-state index contributed by atoms with van der Waals surface area (Å²) in [6.45, 7) is 2.29. The van der Waals surface area contributed by atoms with Crippen LogP contribution in [-0.2, 0) is 6.42 Å². The third-order valence-electron chi connectivity index (χ3n) is 5.65. The summed E-state index contributed by atoms with van der Waals surface area (Å²) in [4.78, 5) is 0. The summed E-state index contributed by atoms with van der Waals surface area (Å²) in [6.07, 6.45) is 22.8. The van der Waals surface area contributed by atoms with Crippen molar-refractivity contribution < 1.29 is 5.11 Å².